The molecule has 0 unspecified atom stereocenters. The molecule has 1 heterocycles. The maximum Gasteiger partial charge on any atom is 0.266 e. The van der Waals surface area contributed by atoms with Crippen LogP contribution in [0.3, 0.4) is 0 Å². The molecule has 0 aromatic carbocycles. The van der Waals surface area contributed by atoms with Crippen molar-refractivity contribution in [3.63, 3.8) is 0 Å². The van der Waals surface area contributed by atoms with Gasteiger partial charge in [-0.1, -0.05) is 0 Å². The average molecular weight is 128 g/mol. The van der Waals surface area contributed by atoms with Crippen LogP contribution >= 0.6 is 0 Å². The Bertz CT molecular complexity index is 225. The standard InChI is InChI=1S/C5H8N2O2/c8-4-3-7-5(9)1-2-6-7/h1-2,6,8H,3-4H2. The highest BCUT2D eigenvalue weighted by Gasteiger charge is 1.90. The number of aliphatic hydroxyl groups excluding tert-OH is 1. The largest absolute Gasteiger partial charge is 0.394 e. The van der Waals surface area contributed by atoms with Gasteiger partial charge in [0, 0.05) is 12.3 Å². The molecule has 0 aliphatic rings. The molecule has 1 aromatic heterocycles. The molecular formula is C5H8N2O2. The van der Waals surface area contributed by atoms with E-state index in [9.17, 15) is 4.79 Å². The minimum Gasteiger partial charge on any atom is -0.394 e. The van der Waals surface area contributed by atoms with Gasteiger partial charge in [0.2, 0.25) is 0 Å². The molecule has 0 amide bonds. The van der Waals surface area contributed by atoms with Crippen molar-refractivity contribution in [2.75, 3.05) is 6.61 Å². The van der Waals surface area contributed by atoms with Gasteiger partial charge in [-0.3, -0.25) is 9.48 Å². The Morgan fingerprint density at radius 1 is 1.78 bits per heavy atom. The number of hydrogen-bond acceptors (Lipinski definition) is 2. The van der Waals surface area contributed by atoms with Gasteiger partial charge in [0.1, 0.15) is 0 Å². The molecule has 4 nitrogen and oxygen atoms in total. The molecule has 50 valence electrons. The zero-order valence-corrected chi connectivity index (χ0v) is 4.87. The Labute approximate surface area is 51.7 Å². The van der Waals surface area contributed by atoms with Crippen LogP contribution in [0.1, 0.15) is 0 Å². The molecule has 0 radical (unpaired) electrons. The number of nitrogens with zero attached hydrogens (tertiary/aromatic N) is 1. The van der Waals surface area contributed by atoms with Crippen molar-refractivity contribution in [2.24, 2.45) is 0 Å². The quantitative estimate of drug-likeness (QED) is 0.546. The lowest BCUT2D eigenvalue weighted by Gasteiger charge is -1.93. The maximum atomic E-state index is 10.6. The lowest BCUT2D eigenvalue weighted by atomic mass is 10.7. The summed E-state index contributed by atoms with van der Waals surface area (Å²) in [5.41, 5.74) is -0.107. The third-order valence-electron chi connectivity index (χ3n) is 1.05. The van der Waals surface area contributed by atoms with E-state index in [2.05, 4.69) is 5.10 Å². The third-order valence-corrected chi connectivity index (χ3v) is 1.05. The zero-order chi connectivity index (χ0) is 6.69. The fourth-order valence-corrected chi connectivity index (χ4v) is 0.627. The van der Waals surface area contributed by atoms with E-state index in [1.807, 2.05) is 0 Å². The van der Waals surface area contributed by atoms with Crippen LogP contribution in [0.15, 0.2) is 17.1 Å². The van der Waals surface area contributed by atoms with E-state index in [0.717, 1.165) is 0 Å². The summed E-state index contributed by atoms with van der Waals surface area (Å²) >= 11 is 0. The highest BCUT2D eigenvalue weighted by atomic mass is 16.3. The molecule has 1 rings (SSSR count). The van der Waals surface area contributed by atoms with Gasteiger partial charge >= 0.3 is 0 Å². The Morgan fingerprint density at radius 3 is 3.00 bits per heavy atom. The highest BCUT2D eigenvalue weighted by molar-refractivity contribution is 4.79. The van der Waals surface area contributed by atoms with Crippen LogP contribution < -0.4 is 5.56 Å². The molecule has 0 fully saturated rings. The van der Waals surface area contributed by atoms with E-state index in [1.54, 1.807) is 0 Å². The van der Waals surface area contributed by atoms with Crippen molar-refractivity contribution in [1.82, 2.24) is 9.78 Å². The molecule has 0 aliphatic heterocycles. The second-order valence-corrected chi connectivity index (χ2v) is 1.68. The van der Waals surface area contributed by atoms with E-state index >= 15 is 0 Å². The normalized spacial score (nSPS) is 9.89. The Morgan fingerprint density at radius 2 is 2.56 bits per heavy atom. The van der Waals surface area contributed by atoms with Crippen LogP contribution in [0.2, 0.25) is 0 Å². The summed E-state index contributed by atoms with van der Waals surface area (Å²) in [5, 5.41) is 11.0. The van der Waals surface area contributed by atoms with Gasteiger partial charge in [-0.2, -0.15) is 0 Å². The molecule has 0 bridgehead atoms. The van der Waals surface area contributed by atoms with Crippen molar-refractivity contribution in [1.29, 1.82) is 0 Å². The maximum absolute atomic E-state index is 10.6. The summed E-state index contributed by atoms with van der Waals surface area (Å²) in [4.78, 5) is 10.6. The van der Waals surface area contributed by atoms with Crippen molar-refractivity contribution in [3.05, 3.63) is 22.6 Å². The summed E-state index contributed by atoms with van der Waals surface area (Å²) in [6.45, 7) is 0.326. The zero-order valence-electron chi connectivity index (χ0n) is 4.87. The first-order valence-corrected chi connectivity index (χ1v) is 2.69. The summed E-state index contributed by atoms with van der Waals surface area (Å²) in [5.74, 6) is 0. The summed E-state index contributed by atoms with van der Waals surface area (Å²) < 4.78 is 1.33. The second-order valence-electron chi connectivity index (χ2n) is 1.68. The van der Waals surface area contributed by atoms with Gasteiger partial charge in [-0.15, -0.1) is 0 Å². The van der Waals surface area contributed by atoms with E-state index < -0.39 is 0 Å². The van der Waals surface area contributed by atoms with Crippen molar-refractivity contribution in [3.8, 4) is 0 Å². The monoisotopic (exact) mass is 128 g/mol. The Kier molecular flexibility index (Phi) is 1.69. The number of nitrogens with one attached hydrogen (secondary N) is 1. The molecule has 9 heavy (non-hydrogen) atoms. The average Bonchev–Trinajstić information content (AvgIpc) is 2.18. The van der Waals surface area contributed by atoms with Crippen LogP contribution in [0, 0.1) is 0 Å². The number of hydrogen-bond donors (Lipinski definition) is 2. The number of rotatable bonds is 2. The predicted octanol–water partition coefficient (Wildman–Crippen LogP) is -0.831. The summed E-state index contributed by atoms with van der Waals surface area (Å²) in [6.07, 6.45) is 1.54. The van der Waals surface area contributed by atoms with Gasteiger partial charge in [0.15, 0.2) is 0 Å². The third kappa shape index (κ3) is 1.20. The molecule has 4 heteroatoms. The SMILES string of the molecule is O=c1cc[nH]n1CCO. The number of H-pyrrole nitrogens is 1. The molecule has 0 saturated heterocycles. The van der Waals surface area contributed by atoms with Gasteiger partial charge in [0.05, 0.1) is 13.2 Å². The number of aromatic nitrogens is 2. The van der Waals surface area contributed by atoms with Crippen LogP contribution in [-0.4, -0.2) is 21.5 Å². The van der Waals surface area contributed by atoms with E-state index in [4.69, 9.17) is 5.11 Å². The molecule has 0 aliphatic carbocycles. The number of aliphatic hydroxyl groups is 1. The summed E-state index contributed by atoms with van der Waals surface area (Å²) in [7, 11) is 0. The summed E-state index contributed by atoms with van der Waals surface area (Å²) in [6, 6.07) is 1.41. The van der Waals surface area contributed by atoms with Crippen LogP contribution in [0.25, 0.3) is 0 Å². The molecule has 0 saturated carbocycles. The molecule has 1 aromatic rings. The first kappa shape index (κ1) is 6.10. The van der Waals surface area contributed by atoms with Gasteiger partial charge in [-0.05, 0) is 0 Å². The lowest BCUT2D eigenvalue weighted by molar-refractivity contribution is 0.267. The molecule has 0 atom stereocenters. The van der Waals surface area contributed by atoms with Gasteiger partial charge in [0.25, 0.3) is 5.56 Å². The minimum absolute atomic E-state index is 0.0135. The second kappa shape index (κ2) is 2.50. The number of aromatic amines is 1. The van der Waals surface area contributed by atoms with Crippen LogP contribution in [-0.2, 0) is 6.54 Å². The van der Waals surface area contributed by atoms with E-state index in [-0.39, 0.29) is 12.2 Å². The Hall–Kier alpha value is -1.03. The smallest absolute Gasteiger partial charge is 0.266 e. The van der Waals surface area contributed by atoms with E-state index in [0.29, 0.717) is 6.54 Å². The first-order valence-electron chi connectivity index (χ1n) is 2.69. The molecule has 2 N–H and O–H groups in total. The highest BCUT2D eigenvalue weighted by Crippen LogP contribution is 1.72. The van der Waals surface area contributed by atoms with Crippen molar-refractivity contribution in [2.45, 2.75) is 6.54 Å². The predicted molar refractivity (Wildman–Crippen MR) is 32.1 cm³/mol. The first-order chi connectivity index (χ1) is 4.34. The Balaban J connectivity index is 2.81. The fourth-order valence-electron chi connectivity index (χ4n) is 0.627. The molecule has 0 spiro atoms. The lowest BCUT2D eigenvalue weighted by Crippen LogP contribution is -2.17. The molecular weight excluding hydrogens is 120 g/mol. The fraction of sp³-hybridized carbons (Fsp3) is 0.400. The van der Waals surface area contributed by atoms with Crippen LogP contribution in [0.5, 0.6) is 0 Å². The minimum atomic E-state index is -0.107. The van der Waals surface area contributed by atoms with E-state index in [1.165, 1.54) is 16.9 Å². The van der Waals surface area contributed by atoms with Gasteiger partial charge in [-0.25, -0.2) is 0 Å². The van der Waals surface area contributed by atoms with Crippen molar-refractivity contribution >= 4 is 0 Å². The van der Waals surface area contributed by atoms with Crippen molar-refractivity contribution < 1.29 is 5.11 Å². The van der Waals surface area contributed by atoms with Crippen LogP contribution in [0.4, 0.5) is 0 Å². The van der Waals surface area contributed by atoms with Gasteiger partial charge < -0.3 is 10.2 Å². The topological polar surface area (TPSA) is 58.0 Å².